The fourth-order valence-electron chi connectivity index (χ4n) is 2.17. The van der Waals surface area contributed by atoms with E-state index in [1.165, 1.54) is 12.3 Å². The van der Waals surface area contributed by atoms with E-state index in [0.717, 1.165) is 22.2 Å². The monoisotopic (exact) mass is 275 g/mol. The lowest BCUT2D eigenvalue weighted by molar-refractivity contribution is 0.582. The van der Waals surface area contributed by atoms with Crippen molar-refractivity contribution in [2.24, 2.45) is 0 Å². The fourth-order valence-corrected chi connectivity index (χ4v) is 2.33. The lowest BCUT2D eigenvalue weighted by Crippen LogP contribution is -1.99. The minimum absolute atomic E-state index is 0.508. The summed E-state index contributed by atoms with van der Waals surface area (Å²) in [6, 6.07) is 6.77. The maximum atomic E-state index is 12.9. The summed E-state index contributed by atoms with van der Waals surface area (Å²) in [5, 5.41) is 6.20. The van der Waals surface area contributed by atoms with E-state index in [-0.39, 0.29) is 0 Å². The third kappa shape index (κ3) is 1.88. The van der Waals surface area contributed by atoms with Crippen molar-refractivity contribution in [2.75, 3.05) is 0 Å². The van der Waals surface area contributed by atoms with Gasteiger partial charge in [0.25, 0.3) is 0 Å². The summed E-state index contributed by atoms with van der Waals surface area (Å²) < 4.78 is 14.7. The Bertz CT molecular complexity index is 762. The first-order valence-electron chi connectivity index (χ1n) is 5.84. The highest BCUT2D eigenvalue weighted by Crippen LogP contribution is 2.29. The average Bonchev–Trinajstić information content (AvgIpc) is 2.73. The maximum absolute atomic E-state index is 12.9. The van der Waals surface area contributed by atoms with Crippen LogP contribution in [-0.2, 0) is 0 Å². The zero-order chi connectivity index (χ0) is 13.6. The van der Waals surface area contributed by atoms with E-state index in [1.54, 1.807) is 10.7 Å². The van der Waals surface area contributed by atoms with Gasteiger partial charge >= 0.3 is 0 Å². The van der Waals surface area contributed by atoms with Crippen LogP contribution in [0.1, 0.15) is 11.3 Å². The van der Waals surface area contributed by atoms with Crippen LogP contribution in [0.3, 0.4) is 0 Å². The molecule has 0 fully saturated rings. The largest absolute Gasteiger partial charge is 0.231 e. The molecule has 0 spiro atoms. The van der Waals surface area contributed by atoms with Gasteiger partial charge in [0.2, 0.25) is 5.95 Å². The Hall–Kier alpha value is -1.94. The first-order valence-corrected chi connectivity index (χ1v) is 6.22. The van der Waals surface area contributed by atoms with Gasteiger partial charge in [0, 0.05) is 10.4 Å². The molecule has 0 saturated carbocycles. The van der Waals surface area contributed by atoms with Crippen LogP contribution in [0.25, 0.3) is 16.6 Å². The van der Waals surface area contributed by atoms with Gasteiger partial charge in [-0.2, -0.15) is 9.49 Å². The third-order valence-corrected chi connectivity index (χ3v) is 3.58. The van der Waals surface area contributed by atoms with E-state index in [0.29, 0.717) is 10.7 Å². The first-order chi connectivity index (χ1) is 9.08. The molecule has 0 aliphatic heterocycles. The Morgan fingerprint density at radius 2 is 1.95 bits per heavy atom. The molecular weight excluding hydrogens is 265 g/mol. The molecular formula is C14H11ClFN3. The van der Waals surface area contributed by atoms with E-state index in [2.05, 4.69) is 10.1 Å². The quantitative estimate of drug-likeness (QED) is 0.632. The lowest BCUT2D eigenvalue weighted by atomic mass is 10.1. The Labute approximate surface area is 114 Å². The summed E-state index contributed by atoms with van der Waals surface area (Å²) in [7, 11) is 0. The highest BCUT2D eigenvalue weighted by molar-refractivity contribution is 6.32. The predicted octanol–water partition coefficient (Wildman–Crippen LogP) is 3.83. The Morgan fingerprint density at radius 1 is 1.16 bits per heavy atom. The molecule has 0 aliphatic carbocycles. The van der Waals surface area contributed by atoms with Crippen molar-refractivity contribution in [3.63, 3.8) is 0 Å². The van der Waals surface area contributed by atoms with Crippen molar-refractivity contribution >= 4 is 22.5 Å². The molecule has 1 aromatic carbocycles. The standard InChI is InChI=1S/C14H11ClFN3/c1-8-12(15)5-4-11-9(2)18-19(14(8)11)10-3-6-13(16)17-7-10/h3-7H,1-2H3. The summed E-state index contributed by atoms with van der Waals surface area (Å²) in [4.78, 5) is 3.66. The highest BCUT2D eigenvalue weighted by atomic mass is 35.5. The fraction of sp³-hybridized carbons (Fsp3) is 0.143. The first kappa shape index (κ1) is 12.1. The van der Waals surface area contributed by atoms with Crippen molar-refractivity contribution in [1.82, 2.24) is 14.8 Å². The summed E-state index contributed by atoms with van der Waals surface area (Å²) in [5.74, 6) is -0.508. The van der Waals surface area contributed by atoms with Gasteiger partial charge in [-0.05, 0) is 43.7 Å². The molecule has 0 saturated heterocycles. The maximum Gasteiger partial charge on any atom is 0.212 e. The topological polar surface area (TPSA) is 30.7 Å². The molecule has 0 N–H and O–H groups in total. The Kier molecular flexibility index (Phi) is 2.75. The van der Waals surface area contributed by atoms with Crippen LogP contribution in [0.15, 0.2) is 30.5 Å². The van der Waals surface area contributed by atoms with E-state index >= 15 is 0 Å². The second-order valence-corrected chi connectivity index (χ2v) is 4.81. The van der Waals surface area contributed by atoms with Crippen molar-refractivity contribution in [2.45, 2.75) is 13.8 Å². The molecule has 19 heavy (non-hydrogen) atoms. The van der Waals surface area contributed by atoms with Gasteiger partial charge in [-0.1, -0.05) is 11.6 Å². The Balaban J connectivity index is 2.35. The predicted molar refractivity (Wildman–Crippen MR) is 73.3 cm³/mol. The van der Waals surface area contributed by atoms with Gasteiger partial charge in [0.15, 0.2) is 0 Å². The van der Waals surface area contributed by atoms with Crippen LogP contribution in [0.4, 0.5) is 4.39 Å². The molecule has 0 amide bonds. The minimum atomic E-state index is -0.508. The summed E-state index contributed by atoms with van der Waals surface area (Å²) in [6.45, 7) is 3.88. The van der Waals surface area contributed by atoms with Crippen LogP contribution in [0.2, 0.25) is 5.02 Å². The molecule has 0 radical (unpaired) electrons. The number of aromatic nitrogens is 3. The zero-order valence-corrected chi connectivity index (χ0v) is 11.2. The molecule has 0 bridgehead atoms. The average molecular weight is 276 g/mol. The molecule has 96 valence electrons. The van der Waals surface area contributed by atoms with E-state index < -0.39 is 5.95 Å². The van der Waals surface area contributed by atoms with Gasteiger partial charge in [-0.15, -0.1) is 0 Å². The van der Waals surface area contributed by atoms with Gasteiger partial charge in [0.05, 0.1) is 23.1 Å². The number of fused-ring (bicyclic) bond motifs is 1. The number of aryl methyl sites for hydroxylation is 2. The van der Waals surface area contributed by atoms with Crippen LogP contribution >= 0.6 is 11.6 Å². The number of benzene rings is 1. The Morgan fingerprint density at radius 3 is 2.63 bits per heavy atom. The minimum Gasteiger partial charge on any atom is -0.231 e. The highest BCUT2D eigenvalue weighted by Gasteiger charge is 2.13. The SMILES string of the molecule is Cc1nn(-c2ccc(F)nc2)c2c(C)c(Cl)ccc12. The number of pyridine rings is 1. The molecule has 0 aliphatic rings. The number of rotatable bonds is 1. The molecule has 0 atom stereocenters. The molecule has 3 nitrogen and oxygen atoms in total. The molecule has 3 aromatic rings. The van der Waals surface area contributed by atoms with Crippen LogP contribution < -0.4 is 0 Å². The van der Waals surface area contributed by atoms with Crippen LogP contribution in [-0.4, -0.2) is 14.8 Å². The summed E-state index contributed by atoms with van der Waals surface area (Å²) in [6.07, 6.45) is 1.46. The third-order valence-electron chi connectivity index (χ3n) is 3.17. The second-order valence-electron chi connectivity index (χ2n) is 4.40. The molecule has 0 unspecified atom stereocenters. The normalized spacial score (nSPS) is 11.2. The van der Waals surface area contributed by atoms with Gasteiger partial charge in [-0.25, -0.2) is 9.67 Å². The van der Waals surface area contributed by atoms with Crippen LogP contribution in [0, 0.1) is 19.8 Å². The number of hydrogen-bond donors (Lipinski definition) is 0. The lowest BCUT2D eigenvalue weighted by Gasteiger charge is -2.06. The number of nitrogens with zero attached hydrogens (tertiary/aromatic N) is 3. The number of hydrogen-bond acceptors (Lipinski definition) is 2. The van der Waals surface area contributed by atoms with Crippen LogP contribution in [0.5, 0.6) is 0 Å². The second kappa shape index (κ2) is 4.31. The van der Waals surface area contributed by atoms with Gasteiger partial charge in [0.1, 0.15) is 0 Å². The van der Waals surface area contributed by atoms with Gasteiger partial charge < -0.3 is 0 Å². The zero-order valence-electron chi connectivity index (χ0n) is 10.5. The smallest absolute Gasteiger partial charge is 0.212 e. The van der Waals surface area contributed by atoms with Crippen molar-refractivity contribution in [1.29, 1.82) is 0 Å². The summed E-state index contributed by atoms with van der Waals surface area (Å²) >= 11 is 6.16. The molecule has 5 heteroatoms. The van der Waals surface area contributed by atoms with Crippen molar-refractivity contribution < 1.29 is 4.39 Å². The van der Waals surface area contributed by atoms with E-state index in [9.17, 15) is 4.39 Å². The number of halogens is 2. The molecule has 3 rings (SSSR count). The van der Waals surface area contributed by atoms with E-state index in [4.69, 9.17) is 11.6 Å². The van der Waals surface area contributed by atoms with Crippen molar-refractivity contribution in [3.05, 3.63) is 52.7 Å². The van der Waals surface area contributed by atoms with Crippen molar-refractivity contribution in [3.8, 4) is 5.69 Å². The summed E-state index contributed by atoms with van der Waals surface area (Å²) in [5.41, 5.74) is 3.49. The van der Waals surface area contributed by atoms with E-state index in [1.807, 2.05) is 26.0 Å². The van der Waals surface area contributed by atoms with Gasteiger partial charge in [-0.3, -0.25) is 0 Å². The molecule has 2 heterocycles. The molecule has 2 aromatic heterocycles.